The summed E-state index contributed by atoms with van der Waals surface area (Å²) in [5.41, 5.74) is 3.94. The number of nitrogens with one attached hydrogen (secondary N) is 3. The lowest BCUT2D eigenvalue weighted by Gasteiger charge is -2.36. The van der Waals surface area contributed by atoms with Crippen LogP contribution in [0.3, 0.4) is 0 Å². The molecule has 156 valence electrons. The van der Waals surface area contributed by atoms with Crippen LogP contribution in [-0.4, -0.2) is 35.3 Å². The van der Waals surface area contributed by atoms with Crippen LogP contribution in [-0.2, 0) is 11.2 Å². The van der Waals surface area contributed by atoms with Crippen LogP contribution >= 0.6 is 0 Å². The molecule has 4 rings (SSSR count). The lowest BCUT2D eigenvalue weighted by molar-refractivity contribution is -0.128. The molecule has 1 aromatic heterocycles. The fourth-order valence-electron chi connectivity index (χ4n) is 3.98. The maximum Gasteiger partial charge on any atom is 0.227 e. The van der Waals surface area contributed by atoms with Crippen molar-refractivity contribution in [2.24, 2.45) is 5.92 Å². The summed E-state index contributed by atoms with van der Waals surface area (Å²) in [6, 6.07) is 14.0. The number of amides is 1. The molecule has 3 aromatic rings. The Morgan fingerprint density at radius 2 is 1.93 bits per heavy atom. The van der Waals surface area contributed by atoms with Crippen molar-refractivity contribution in [3.63, 3.8) is 0 Å². The summed E-state index contributed by atoms with van der Waals surface area (Å²) in [4.78, 5) is 22.0. The molecule has 7 heteroatoms. The smallest absolute Gasteiger partial charge is 0.227 e. The van der Waals surface area contributed by atoms with Crippen LogP contribution in [0.25, 0.3) is 10.9 Å². The monoisotopic (exact) mass is 405 g/mol. The zero-order valence-corrected chi connectivity index (χ0v) is 17.7. The van der Waals surface area contributed by atoms with Gasteiger partial charge in [-0.25, -0.2) is 9.97 Å². The van der Waals surface area contributed by atoms with Crippen molar-refractivity contribution in [1.82, 2.24) is 20.6 Å². The van der Waals surface area contributed by atoms with Crippen molar-refractivity contribution < 1.29 is 9.53 Å². The minimum absolute atomic E-state index is 0.00662. The topological polar surface area (TPSA) is 88.2 Å². The van der Waals surface area contributed by atoms with Crippen molar-refractivity contribution in [1.29, 1.82) is 0 Å². The quantitative estimate of drug-likeness (QED) is 0.605. The van der Waals surface area contributed by atoms with Crippen LogP contribution in [0, 0.1) is 19.8 Å². The molecule has 3 unspecified atom stereocenters. The maximum atomic E-state index is 12.8. The first-order valence-electron chi connectivity index (χ1n) is 10.1. The predicted molar refractivity (Wildman–Crippen MR) is 117 cm³/mol. The number of hydrogen-bond acceptors (Lipinski definition) is 6. The summed E-state index contributed by atoms with van der Waals surface area (Å²) >= 11 is 0. The molecule has 0 radical (unpaired) electrons. The molecule has 1 amide bonds. The lowest BCUT2D eigenvalue weighted by atomic mass is 9.90. The number of carbonyl (C=O) groups is 1. The van der Waals surface area contributed by atoms with Gasteiger partial charge in [0.15, 0.2) is 6.29 Å². The number of benzene rings is 2. The molecule has 0 saturated carbocycles. The molecule has 0 spiro atoms. The van der Waals surface area contributed by atoms with E-state index in [-0.39, 0.29) is 17.9 Å². The average Bonchev–Trinajstić information content (AvgIpc) is 2.70. The number of aromatic nitrogens is 2. The number of para-hydroxylation sites is 1. The van der Waals surface area contributed by atoms with Gasteiger partial charge in [0.1, 0.15) is 11.3 Å². The zero-order chi connectivity index (χ0) is 21.3. The molecule has 0 aliphatic carbocycles. The van der Waals surface area contributed by atoms with E-state index in [9.17, 15) is 4.79 Å². The molecule has 1 fully saturated rings. The third kappa shape index (κ3) is 4.07. The van der Waals surface area contributed by atoms with Crippen molar-refractivity contribution >= 4 is 22.8 Å². The normalized spacial score (nSPS) is 21.3. The summed E-state index contributed by atoms with van der Waals surface area (Å²) in [6.07, 6.45) is 0.241. The molecule has 2 aromatic carbocycles. The van der Waals surface area contributed by atoms with Gasteiger partial charge in [-0.3, -0.25) is 10.1 Å². The van der Waals surface area contributed by atoms with Crippen molar-refractivity contribution in [3.05, 3.63) is 59.3 Å². The van der Waals surface area contributed by atoms with E-state index in [4.69, 9.17) is 4.74 Å². The Labute approximate surface area is 176 Å². The molecule has 2 heterocycles. The van der Waals surface area contributed by atoms with Gasteiger partial charge in [0.05, 0.1) is 18.7 Å². The number of aryl methyl sites for hydroxylation is 2. The van der Waals surface area contributed by atoms with Crippen LogP contribution in [0.1, 0.15) is 23.7 Å². The molecule has 1 saturated heterocycles. The van der Waals surface area contributed by atoms with E-state index in [0.29, 0.717) is 18.1 Å². The third-order valence-electron chi connectivity index (χ3n) is 5.57. The Morgan fingerprint density at radius 3 is 2.67 bits per heavy atom. The zero-order valence-electron chi connectivity index (χ0n) is 17.7. The van der Waals surface area contributed by atoms with Gasteiger partial charge in [-0.2, -0.15) is 0 Å². The minimum atomic E-state index is -0.451. The largest absolute Gasteiger partial charge is 0.494 e. The van der Waals surface area contributed by atoms with E-state index >= 15 is 0 Å². The van der Waals surface area contributed by atoms with Gasteiger partial charge < -0.3 is 15.4 Å². The van der Waals surface area contributed by atoms with Crippen molar-refractivity contribution in [2.45, 2.75) is 39.5 Å². The highest BCUT2D eigenvalue weighted by molar-refractivity contribution is 5.87. The molecule has 3 N–H and O–H groups in total. The number of anilines is 1. The number of methoxy groups -OCH3 is 1. The number of carbonyl (C=O) groups excluding carboxylic acids is 1. The first-order chi connectivity index (χ1) is 14.4. The Kier molecular flexibility index (Phi) is 5.55. The second-order valence-electron chi connectivity index (χ2n) is 7.83. The summed E-state index contributed by atoms with van der Waals surface area (Å²) in [6.45, 7) is 6.03. The first-order valence-corrected chi connectivity index (χ1v) is 10.1. The standard InChI is InChI=1S/C23H27N5O2/c1-13-7-5-8-16(11-13)12-18-15(3)25-23(27-21(18)29)28-22-24-14(2)17-9-6-10-19(30-4)20(17)26-22/h5-11,15,18,23,25H,12H2,1-4H3,(H,27,29)(H,24,26,28). The van der Waals surface area contributed by atoms with Gasteiger partial charge in [0, 0.05) is 11.4 Å². The molecule has 30 heavy (non-hydrogen) atoms. The highest BCUT2D eigenvalue weighted by Crippen LogP contribution is 2.26. The van der Waals surface area contributed by atoms with Gasteiger partial charge in [-0.15, -0.1) is 0 Å². The van der Waals surface area contributed by atoms with Crippen molar-refractivity contribution in [2.75, 3.05) is 12.4 Å². The van der Waals surface area contributed by atoms with Crippen LogP contribution in [0.5, 0.6) is 5.75 Å². The molecular formula is C23H27N5O2. The van der Waals surface area contributed by atoms with E-state index in [1.807, 2.05) is 38.1 Å². The van der Waals surface area contributed by atoms with Crippen molar-refractivity contribution in [3.8, 4) is 5.75 Å². The Bertz CT molecular complexity index is 1080. The molecular weight excluding hydrogens is 378 g/mol. The number of fused-ring (bicyclic) bond motifs is 1. The summed E-state index contributed by atoms with van der Waals surface area (Å²) in [5.74, 6) is 0.986. The maximum absolute atomic E-state index is 12.8. The van der Waals surface area contributed by atoms with Gasteiger partial charge in [-0.1, -0.05) is 42.0 Å². The van der Waals surface area contributed by atoms with Crippen LogP contribution in [0.2, 0.25) is 0 Å². The van der Waals surface area contributed by atoms with E-state index in [2.05, 4.69) is 51.0 Å². The molecule has 1 aliphatic rings. The number of rotatable bonds is 5. The Balaban J connectivity index is 1.50. The summed E-state index contributed by atoms with van der Waals surface area (Å²) in [5, 5.41) is 10.6. The van der Waals surface area contributed by atoms with Gasteiger partial charge >= 0.3 is 0 Å². The fraction of sp³-hybridized carbons (Fsp3) is 0.348. The third-order valence-corrected chi connectivity index (χ3v) is 5.57. The molecule has 3 atom stereocenters. The summed E-state index contributed by atoms with van der Waals surface area (Å²) < 4.78 is 5.44. The van der Waals surface area contributed by atoms with E-state index < -0.39 is 6.29 Å². The van der Waals surface area contributed by atoms with Crippen LogP contribution in [0.15, 0.2) is 42.5 Å². The van der Waals surface area contributed by atoms with Crippen LogP contribution < -0.4 is 20.7 Å². The minimum Gasteiger partial charge on any atom is -0.494 e. The lowest BCUT2D eigenvalue weighted by Crippen LogP contribution is -2.63. The van der Waals surface area contributed by atoms with Gasteiger partial charge in [0.2, 0.25) is 11.9 Å². The van der Waals surface area contributed by atoms with Crippen LogP contribution in [0.4, 0.5) is 5.95 Å². The number of nitrogens with zero attached hydrogens (tertiary/aromatic N) is 2. The van der Waals surface area contributed by atoms with Gasteiger partial charge in [0.25, 0.3) is 0 Å². The SMILES string of the molecule is COc1cccc2c(C)nc(NC3NC(=O)C(Cc4cccc(C)c4)C(C)N3)nc12. The number of ether oxygens (including phenoxy) is 1. The highest BCUT2D eigenvalue weighted by Gasteiger charge is 2.33. The number of hydrogen-bond donors (Lipinski definition) is 3. The molecule has 0 bridgehead atoms. The molecule has 7 nitrogen and oxygen atoms in total. The second-order valence-corrected chi connectivity index (χ2v) is 7.83. The van der Waals surface area contributed by atoms with E-state index in [0.717, 1.165) is 22.2 Å². The highest BCUT2D eigenvalue weighted by atomic mass is 16.5. The first kappa shape index (κ1) is 20.1. The summed E-state index contributed by atoms with van der Waals surface area (Å²) in [7, 11) is 1.62. The Morgan fingerprint density at radius 1 is 1.13 bits per heavy atom. The average molecular weight is 406 g/mol. The predicted octanol–water partition coefficient (Wildman–Crippen LogP) is 2.92. The Hall–Kier alpha value is -3.19. The van der Waals surface area contributed by atoms with E-state index in [1.54, 1.807) is 7.11 Å². The fourth-order valence-corrected chi connectivity index (χ4v) is 3.98. The molecule has 1 aliphatic heterocycles. The second kappa shape index (κ2) is 8.28. The van der Waals surface area contributed by atoms with E-state index in [1.165, 1.54) is 5.56 Å². The van der Waals surface area contributed by atoms with Gasteiger partial charge in [-0.05, 0) is 38.8 Å².